The summed E-state index contributed by atoms with van der Waals surface area (Å²) in [6.07, 6.45) is 5.51. The number of ether oxygens (including phenoxy) is 1. The van der Waals surface area contributed by atoms with Crippen LogP contribution >= 0.6 is 0 Å². The number of hydrogen-bond acceptors (Lipinski definition) is 5. The molecule has 1 saturated carbocycles. The average Bonchev–Trinajstić information content (AvgIpc) is 3.17. The van der Waals surface area contributed by atoms with Crippen molar-refractivity contribution in [2.24, 2.45) is 5.92 Å². The van der Waals surface area contributed by atoms with Crippen molar-refractivity contribution in [2.75, 3.05) is 45.9 Å². The lowest BCUT2D eigenvalue weighted by atomic mass is 9.89. The normalized spacial score (nSPS) is 29.4. The number of carbonyl (C=O) groups excluding carboxylic acids is 1. The van der Waals surface area contributed by atoms with E-state index in [0.717, 1.165) is 63.9 Å². The van der Waals surface area contributed by atoms with E-state index in [1.807, 2.05) is 17.0 Å². The Balaban J connectivity index is 1.22. The van der Waals surface area contributed by atoms with Crippen molar-refractivity contribution in [3.8, 4) is 0 Å². The number of morpholine rings is 1. The molecule has 0 aromatic carbocycles. The summed E-state index contributed by atoms with van der Waals surface area (Å²) in [5, 5.41) is 0. The van der Waals surface area contributed by atoms with Crippen LogP contribution in [0.2, 0.25) is 0 Å². The van der Waals surface area contributed by atoms with Crippen molar-refractivity contribution < 1.29 is 13.9 Å². The fourth-order valence-electron chi connectivity index (χ4n) is 4.38. The molecule has 1 amide bonds. The summed E-state index contributed by atoms with van der Waals surface area (Å²) >= 11 is 0. The molecule has 4 aliphatic rings. The fourth-order valence-corrected chi connectivity index (χ4v) is 4.38. The minimum atomic E-state index is -0.0901. The van der Waals surface area contributed by atoms with Gasteiger partial charge in [-0.1, -0.05) is 0 Å². The van der Waals surface area contributed by atoms with E-state index in [9.17, 15) is 4.79 Å². The summed E-state index contributed by atoms with van der Waals surface area (Å²) < 4.78 is 11.7. The lowest BCUT2D eigenvalue weighted by Gasteiger charge is -2.56. The van der Waals surface area contributed by atoms with Gasteiger partial charge in [-0.05, 0) is 37.3 Å². The van der Waals surface area contributed by atoms with Crippen LogP contribution < -0.4 is 0 Å². The van der Waals surface area contributed by atoms with Crippen molar-refractivity contribution in [1.82, 2.24) is 14.7 Å². The number of rotatable bonds is 5. The lowest BCUT2D eigenvalue weighted by molar-refractivity contribution is -0.207. The molecule has 4 heterocycles. The molecule has 136 valence electrons. The Morgan fingerprint density at radius 2 is 2.08 bits per heavy atom. The number of hydrogen-bond donors (Lipinski definition) is 0. The maximum absolute atomic E-state index is 12.8. The van der Waals surface area contributed by atoms with Gasteiger partial charge in [-0.2, -0.15) is 0 Å². The van der Waals surface area contributed by atoms with E-state index < -0.39 is 0 Å². The van der Waals surface area contributed by atoms with E-state index in [4.69, 9.17) is 9.15 Å². The van der Waals surface area contributed by atoms with E-state index in [1.165, 1.54) is 12.8 Å². The average molecular weight is 345 g/mol. The molecule has 3 saturated heterocycles. The molecule has 1 aliphatic carbocycles. The number of carbonyl (C=O) groups is 1. The summed E-state index contributed by atoms with van der Waals surface area (Å²) in [4.78, 5) is 19.6. The number of amides is 1. The quantitative estimate of drug-likeness (QED) is 0.802. The molecule has 4 fully saturated rings. The van der Waals surface area contributed by atoms with Crippen LogP contribution in [-0.2, 0) is 16.1 Å². The molecule has 0 N–H and O–H groups in total. The molecule has 0 radical (unpaired) electrons. The second-order valence-electron chi connectivity index (χ2n) is 8.29. The Kier molecular flexibility index (Phi) is 3.87. The first-order valence-electron chi connectivity index (χ1n) is 9.62. The number of nitrogens with zero attached hydrogens (tertiary/aromatic N) is 3. The molecule has 1 spiro atoms. The van der Waals surface area contributed by atoms with Crippen LogP contribution in [0.5, 0.6) is 0 Å². The first-order chi connectivity index (χ1) is 12.2. The zero-order chi connectivity index (χ0) is 16.9. The molecular weight excluding hydrogens is 318 g/mol. The van der Waals surface area contributed by atoms with Gasteiger partial charge in [0.05, 0.1) is 19.4 Å². The standard InChI is InChI=1S/C19H27N3O3/c23-18(21-6-2-7-21)17-11-25-19(14-22(17)9-15-4-5-15)12-20(13-19)10-16-3-1-8-24-16/h1,3,8,15,17H,2,4-7,9-14H2. The summed E-state index contributed by atoms with van der Waals surface area (Å²) in [5.74, 6) is 2.08. The Hall–Kier alpha value is -1.37. The van der Waals surface area contributed by atoms with Crippen molar-refractivity contribution >= 4 is 5.91 Å². The Morgan fingerprint density at radius 3 is 2.72 bits per heavy atom. The zero-order valence-corrected chi connectivity index (χ0v) is 14.7. The molecule has 1 unspecified atom stereocenters. The highest BCUT2D eigenvalue weighted by Crippen LogP contribution is 2.36. The molecular formula is C19H27N3O3. The minimum Gasteiger partial charge on any atom is -0.468 e. The second-order valence-corrected chi connectivity index (χ2v) is 8.29. The van der Waals surface area contributed by atoms with E-state index in [0.29, 0.717) is 6.61 Å². The van der Waals surface area contributed by atoms with E-state index in [-0.39, 0.29) is 17.6 Å². The smallest absolute Gasteiger partial charge is 0.242 e. The van der Waals surface area contributed by atoms with Gasteiger partial charge in [-0.15, -0.1) is 0 Å². The van der Waals surface area contributed by atoms with Crippen LogP contribution in [0.4, 0.5) is 0 Å². The first-order valence-corrected chi connectivity index (χ1v) is 9.62. The van der Waals surface area contributed by atoms with Crippen molar-refractivity contribution in [3.05, 3.63) is 24.2 Å². The lowest BCUT2D eigenvalue weighted by Crippen LogP contribution is -2.73. The van der Waals surface area contributed by atoms with Gasteiger partial charge in [-0.25, -0.2) is 0 Å². The van der Waals surface area contributed by atoms with Crippen LogP contribution in [0.25, 0.3) is 0 Å². The maximum Gasteiger partial charge on any atom is 0.242 e. The molecule has 6 heteroatoms. The highest BCUT2D eigenvalue weighted by atomic mass is 16.5. The van der Waals surface area contributed by atoms with Gasteiger partial charge in [0.2, 0.25) is 5.91 Å². The number of likely N-dealkylation sites (tertiary alicyclic amines) is 2. The topological polar surface area (TPSA) is 49.2 Å². The molecule has 1 atom stereocenters. The summed E-state index contributed by atoms with van der Waals surface area (Å²) in [5.41, 5.74) is -0.0901. The van der Waals surface area contributed by atoms with E-state index in [1.54, 1.807) is 6.26 Å². The summed E-state index contributed by atoms with van der Waals surface area (Å²) in [6.45, 7) is 7.06. The molecule has 25 heavy (non-hydrogen) atoms. The second kappa shape index (κ2) is 6.11. The van der Waals surface area contributed by atoms with Gasteiger partial charge in [0.15, 0.2) is 0 Å². The number of furan rings is 1. The van der Waals surface area contributed by atoms with Crippen molar-refractivity contribution in [3.63, 3.8) is 0 Å². The largest absolute Gasteiger partial charge is 0.468 e. The molecule has 3 aliphatic heterocycles. The van der Waals surface area contributed by atoms with Gasteiger partial charge in [0, 0.05) is 39.3 Å². The first kappa shape index (κ1) is 15.9. The zero-order valence-electron chi connectivity index (χ0n) is 14.7. The van der Waals surface area contributed by atoms with Crippen LogP contribution in [0.15, 0.2) is 22.8 Å². The maximum atomic E-state index is 12.8. The van der Waals surface area contributed by atoms with Crippen LogP contribution in [-0.4, -0.2) is 78.1 Å². The van der Waals surface area contributed by atoms with Gasteiger partial charge in [-0.3, -0.25) is 14.6 Å². The summed E-state index contributed by atoms with van der Waals surface area (Å²) in [7, 11) is 0. The van der Waals surface area contributed by atoms with E-state index in [2.05, 4.69) is 9.80 Å². The van der Waals surface area contributed by atoms with Crippen LogP contribution in [0.1, 0.15) is 25.0 Å². The third kappa shape index (κ3) is 3.11. The monoisotopic (exact) mass is 345 g/mol. The van der Waals surface area contributed by atoms with Crippen molar-refractivity contribution in [1.29, 1.82) is 0 Å². The molecule has 6 nitrogen and oxygen atoms in total. The fraction of sp³-hybridized carbons (Fsp3) is 0.737. The Morgan fingerprint density at radius 1 is 1.24 bits per heavy atom. The van der Waals surface area contributed by atoms with Gasteiger partial charge in [0.25, 0.3) is 0 Å². The van der Waals surface area contributed by atoms with Gasteiger partial charge in [0.1, 0.15) is 17.4 Å². The molecule has 1 aromatic rings. The third-order valence-corrected chi connectivity index (χ3v) is 6.10. The Labute approximate surface area is 148 Å². The van der Waals surface area contributed by atoms with Gasteiger partial charge >= 0.3 is 0 Å². The predicted molar refractivity (Wildman–Crippen MR) is 92.0 cm³/mol. The molecule has 1 aromatic heterocycles. The van der Waals surface area contributed by atoms with Crippen molar-refractivity contribution in [2.45, 2.75) is 37.5 Å². The van der Waals surface area contributed by atoms with E-state index >= 15 is 0 Å². The van der Waals surface area contributed by atoms with Gasteiger partial charge < -0.3 is 14.1 Å². The summed E-state index contributed by atoms with van der Waals surface area (Å²) in [6, 6.07) is 3.89. The SMILES string of the molecule is O=C(C1COC2(CN(Cc3ccco3)C2)CN1CC1CC1)N1CCC1. The molecule has 5 rings (SSSR count). The minimum absolute atomic E-state index is 0.0642. The Bertz CT molecular complexity index is 618. The third-order valence-electron chi connectivity index (χ3n) is 6.10. The highest BCUT2D eigenvalue weighted by molar-refractivity contribution is 5.82. The molecule has 0 bridgehead atoms. The highest BCUT2D eigenvalue weighted by Gasteiger charge is 2.51. The van der Waals surface area contributed by atoms with Crippen LogP contribution in [0.3, 0.4) is 0 Å². The van der Waals surface area contributed by atoms with Crippen LogP contribution in [0, 0.1) is 5.92 Å². The predicted octanol–water partition coefficient (Wildman–Crippen LogP) is 1.18.